The van der Waals surface area contributed by atoms with Crippen LogP contribution >= 0.6 is 11.8 Å². The topological polar surface area (TPSA) is 49.4 Å². The van der Waals surface area contributed by atoms with Gasteiger partial charge < -0.3 is 10.2 Å². The molecular formula is C13H19F3N2O2S. The Kier molecular flexibility index (Phi) is 5.40. The molecule has 1 aliphatic carbocycles. The van der Waals surface area contributed by atoms with Gasteiger partial charge in [-0.2, -0.15) is 13.2 Å². The number of piperazine rings is 1. The second-order valence-corrected chi connectivity index (χ2v) is 6.60. The van der Waals surface area contributed by atoms with Gasteiger partial charge in [0.25, 0.3) is 0 Å². The van der Waals surface area contributed by atoms with Gasteiger partial charge in [-0.05, 0) is 30.5 Å². The number of alkyl halides is 3. The number of carbonyl (C=O) groups is 2. The van der Waals surface area contributed by atoms with Crippen LogP contribution in [-0.2, 0) is 9.59 Å². The fourth-order valence-corrected chi connectivity index (χ4v) is 3.63. The second kappa shape index (κ2) is 6.89. The normalized spacial score (nSPS) is 25.1. The zero-order chi connectivity index (χ0) is 15.5. The average Bonchev–Trinajstić information content (AvgIpc) is 2.42. The molecule has 0 aromatic carbocycles. The number of nitrogens with zero attached hydrogens (tertiary/aromatic N) is 1. The lowest BCUT2D eigenvalue weighted by Gasteiger charge is -2.40. The number of rotatable bonds is 4. The SMILES string of the molecule is O=C1NCC(=O)N(CCSC(F)(F)F)C1C1CCCCC1. The Morgan fingerprint density at radius 3 is 2.48 bits per heavy atom. The Morgan fingerprint density at radius 1 is 1.19 bits per heavy atom. The highest BCUT2D eigenvalue weighted by Crippen LogP contribution is 2.32. The molecule has 0 spiro atoms. The van der Waals surface area contributed by atoms with E-state index in [1.165, 1.54) is 4.90 Å². The summed E-state index contributed by atoms with van der Waals surface area (Å²) in [7, 11) is 0. The van der Waals surface area contributed by atoms with Crippen LogP contribution in [0.5, 0.6) is 0 Å². The number of hydrogen-bond acceptors (Lipinski definition) is 3. The second-order valence-electron chi connectivity index (χ2n) is 5.44. The minimum atomic E-state index is -4.30. The molecule has 8 heteroatoms. The van der Waals surface area contributed by atoms with Gasteiger partial charge in [0.15, 0.2) is 0 Å². The number of thioether (sulfide) groups is 1. The zero-order valence-electron chi connectivity index (χ0n) is 11.6. The highest BCUT2D eigenvalue weighted by atomic mass is 32.2. The number of halogens is 3. The summed E-state index contributed by atoms with van der Waals surface area (Å²) < 4.78 is 36.6. The standard InChI is InChI=1S/C13H19F3N2O2S/c14-13(15,16)21-7-6-18-10(19)8-17-12(20)11(18)9-4-2-1-3-5-9/h9,11H,1-8H2,(H,17,20). The Labute approximate surface area is 125 Å². The van der Waals surface area contributed by atoms with E-state index in [4.69, 9.17) is 0 Å². The molecule has 2 fully saturated rings. The van der Waals surface area contributed by atoms with Gasteiger partial charge in [-0.15, -0.1) is 0 Å². The summed E-state index contributed by atoms with van der Waals surface area (Å²) in [5.74, 6) is -0.670. The van der Waals surface area contributed by atoms with Crippen molar-refractivity contribution < 1.29 is 22.8 Å². The Balaban J connectivity index is 2.01. The van der Waals surface area contributed by atoms with Crippen LogP contribution in [0.3, 0.4) is 0 Å². The molecule has 1 heterocycles. The summed E-state index contributed by atoms with van der Waals surface area (Å²) in [5, 5.41) is 2.56. The first-order chi connectivity index (χ1) is 9.88. The fraction of sp³-hybridized carbons (Fsp3) is 0.846. The van der Waals surface area contributed by atoms with E-state index in [0.29, 0.717) is 0 Å². The first-order valence-electron chi connectivity index (χ1n) is 7.16. The maximum Gasteiger partial charge on any atom is 0.441 e. The number of hydrogen-bond donors (Lipinski definition) is 1. The zero-order valence-corrected chi connectivity index (χ0v) is 12.4. The molecular weight excluding hydrogens is 305 g/mol. The number of nitrogens with one attached hydrogen (secondary N) is 1. The molecule has 1 saturated carbocycles. The van der Waals surface area contributed by atoms with Crippen LogP contribution in [-0.4, -0.2) is 47.1 Å². The van der Waals surface area contributed by atoms with Crippen molar-refractivity contribution in [3.8, 4) is 0 Å². The maximum atomic E-state index is 12.2. The van der Waals surface area contributed by atoms with Gasteiger partial charge in [-0.3, -0.25) is 9.59 Å². The van der Waals surface area contributed by atoms with Gasteiger partial charge >= 0.3 is 5.51 Å². The molecule has 0 radical (unpaired) electrons. The molecule has 1 aliphatic heterocycles. The molecule has 2 amide bonds. The van der Waals surface area contributed by atoms with E-state index in [-0.39, 0.29) is 48.3 Å². The first-order valence-corrected chi connectivity index (χ1v) is 8.15. The fourth-order valence-electron chi connectivity index (χ4n) is 3.11. The first kappa shape index (κ1) is 16.5. The molecule has 4 nitrogen and oxygen atoms in total. The molecule has 21 heavy (non-hydrogen) atoms. The summed E-state index contributed by atoms with van der Waals surface area (Å²) >= 11 is -0.146. The van der Waals surface area contributed by atoms with E-state index in [0.717, 1.165) is 32.1 Å². The van der Waals surface area contributed by atoms with Crippen LogP contribution in [0.1, 0.15) is 32.1 Å². The van der Waals surface area contributed by atoms with Crippen LogP contribution in [0.4, 0.5) is 13.2 Å². The van der Waals surface area contributed by atoms with Crippen molar-refractivity contribution in [3.05, 3.63) is 0 Å². The van der Waals surface area contributed by atoms with Gasteiger partial charge in [0.1, 0.15) is 6.04 Å². The van der Waals surface area contributed by atoms with Crippen LogP contribution in [0, 0.1) is 5.92 Å². The van der Waals surface area contributed by atoms with Gasteiger partial charge in [-0.1, -0.05) is 19.3 Å². The Bertz CT molecular complexity index is 397. The lowest BCUT2D eigenvalue weighted by atomic mass is 9.82. The monoisotopic (exact) mass is 324 g/mol. The molecule has 0 aromatic heterocycles. The summed E-state index contributed by atoms with van der Waals surface area (Å²) in [6, 6.07) is -0.597. The van der Waals surface area contributed by atoms with E-state index in [1.54, 1.807) is 0 Å². The van der Waals surface area contributed by atoms with Crippen LogP contribution < -0.4 is 5.32 Å². The van der Waals surface area contributed by atoms with E-state index in [9.17, 15) is 22.8 Å². The quantitative estimate of drug-likeness (QED) is 0.862. The molecule has 1 N–H and O–H groups in total. The molecule has 2 aliphatic rings. The Hall–Kier alpha value is -0.920. The molecule has 0 bridgehead atoms. The smallest absolute Gasteiger partial charge is 0.345 e. The summed E-state index contributed by atoms with van der Waals surface area (Å²) in [4.78, 5) is 25.4. The van der Waals surface area contributed by atoms with E-state index < -0.39 is 11.6 Å². The highest BCUT2D eigenvalue weighted by molar-refractivity contribution is 8.00. The lowest BCUT2D eigenvalue weighted by Crippen LogP contribution is -2.61. The predicted octanol–water partition coefficient (Wildman–Crippen LogP) is 2.15. The van der Waals surface area contributed by atoms with E-state index in [1.807, 2.05) is 0 Å². The molecule has 0 aromatic rings. The van der Waals surface area contributed by atoms with Gasteiger partial charge in [0.05, 0.1) is 6.54 Å². The van der Waals surface area contributed by atoms with E-state index >= 15 is 0 Å². The van der Waals surface area contributed by atoms with Crippen LogP contribution in [0.25, 0.3) is 0 Å². The summed E-state index contributed by atoms with van der Waals surface area (Å²) in [6.07, 6.45) is 4.84. The van der Waals surface area contributed by atoms with Crippen molar-refractivity contribution in [2.24, 2.45) is 5.92 Å². The Morgan fingerprint density at radius 2 is 1.86 bits per heavy atom. The van der Waals surface area contributed by atoms with Crippen molar-refractivity contribution in [1.82, 2.24) is 10.2 Å². The van der Waals surface area contributed by atoms with Gasteiger partial charge in [0, 0.05) is 12.3 Å². The summed E-state index contributed by atoms with van der Waals surface area (Å²) in [5.41, 5.74) is -4.30. The molecule has 120 valence electrons. The van der Waals surface area contributed by atoms with Gasteiger partial charge in [0.2, 0.25) is 11.8 Å². The minimum absolute atomic E-state index is 0.0302. The predicted molar refractivity (Wildman–Crippen MR) is 73.6 cm³/mol. The molecule has 2 rings (SSSR count). The average molecular weight is 324 g/mol. The van der Waals surface area contributed by atoms with Crippen LogP contribution in [0.2, 0.25) is 0 Å². The third-order valence-electron chi connectivity index (χ3n) is 4.03. The van der Waals surface area contributed by atoms with Crippen molar-refractivity contribution in [2.45, 2.75) is 43.7 Å². The minimum Gasteiger partial charge on any atom is -0.345 e. The number of amides is 2. The maximum absolute atomic E-state index is 12.2. The van der Waals surface area contributed by atoms with Crippen molar-refractivity contribution >= 4 is 23.6 Å². The third kappa shape index (κ3) is 4.52. The number of carbonyl (C=O) groups excluding carboxylic acids is 2. The molecule has 1 atom stereocenters. The van der Waals surface area contributed by atoms with Gasteiger partial charge in [-0.25, -0.2) is 0 Å². The third-order valence-corrected chi connectivity index (χ3v) is 4.75. The van der Waals surface area contributed by atoms with Crippen molar-refractivity contribution in [1.29, 1.82) is 0 Å². The largest absolute Gasteiger partial charge is 0.441 e. The molecule has 1 saturated heterocycles. The molecule has 1 unspecified atom stereocenters. The van der Waals surface area contributed by atoms with Crippen molar-refractivity contribution in [3.63, 3.8) is 0 Å². The summed E-state index contributed by atoms with van der Waals surface area (Å²) in [6.45, 7) is -0.143. The lowest BCUT2D eigenvalue weighted by molar-refractivity contribution is -0.148. The van der Waals surface area contributed by atoms with Crippen LogP contribution in [0.15, 0.2) is 0 Å². The van der Waals surface area contributed by atoms with Crippen molar-refractivity contribution in [2.75, 3.05) is 18.8 Å². The highest BCUT2D eigenvalue weighted by Gasteiger charge is 2.40. The van der Waals surface area contributed by atoms with E-state index in [2.05, 4.69) is 5.32 Å².